The predicted octanol–water partition coefficient (Wildman–Crippen LogP) is 2.63. The highest BCUT2D eigenvalue weighted by molar-refractivity contribution is 6.33. The maximum atomic E-state index is 6.13. The first-order valence-electron chi connectivity index (χ1n) is 5.10. The van der Waals surface area contributed by atoms with Crippen molar-refractivity contribution in [3.05, 3.63) is 47.7 Å². The SMILES string of the molecule is Nc1cc2ncc(-c3ccccc3Cl)cn2n1. The van der Waals surface area contributed by atoms with Crippen molar-refractivity contribution >= 4 is 23.1 Å². The van der Waals surface area contributed by atoms with Crippen LogP contribution in [0.3, 0.4) is 0 Å². The Morgan fingerprint density at radius 1 is 1.24 bits per heavy atom. The van der Waals surface area contributed by atoms with Gasteiger partial charge in [0.1, 0.15) is 5.82 Å². The summed E-state index contributed by atoms with van der Waals surface area (Å²) in [5, 5.41) is 4.81. The molecule has 0 aliphatic heterocycles. The van der Waals surface area contributed by atoms with Crippen LogP contribution < -0.4 is 5.73 Å². The molecule has 84 valence electrons. The van der Waals surface area contributed by atoms with Gasteiger partial charge in [0, 0.05) is 34.6 Å². The summed E-state index contributed by atoms with van der Waals surface area (Å²) in [6, 6.07) is 9.33. The van der Waals surface area contributed by atoms with Gasteiger partial charge in [0.15, 0.2) is 5.65 Å². The number of nitrogen functional groups attached to an aromatic ring is 1. The van der Waals surface area contributed by atoms with E-state index in [0.29, 0.717) is 10.8 Å². The molecule has 0 saturated carbocycles. The smallest absolute Gasteiger partial charge is 0.157 e. The maximum absolute atomic E-state index is 6.13. The van der Waals surface area contributed by atoms with E-state index in [0.717, 1.165) is 16.8 Å². The van der Waals surface area contributed by atoms with E-state index >= 15 is 0 Å². The summed E-state index contributed by atoms with van der Waals surface area (Å²) >= 11 is 6.13. The number of aromatic nitrogens is 3. The molecule has 4 nitrogen and oxygen atoms in total. The molecule has 3 rings (SSSR count). The van der Waals surface area contributed by atoms with Crippen LogP contribution in [-0.2, 0) is 0 Å². The number of rotatable bonds is 1. The van der Waals surface area contributed by atoms with Gasteiger partial charge in [0.25, 0.3) is 0 Å². The second-order valence-electron chi connectivity index (χ2n) is 3.69. The number of anilines is 1. The van der Waals surface area contributed by atoms with Crippen molar-refractivity contribution in [2.45, 2.75) is 0 Å². The Labute approximate surface area is 103 Å². The molecular formula is C12H9ClN4. The molecule has 2 heterocycles. The van der Waals surface area contributed by atoms with E-state index < -0.39 is 0 Å². The lowest BCUT2D eigenvalue weighted by molar-refractivity contribution is 0.947. The summed E-state index contributed by atoms with van der Waals surface area (Å²) in [5.74, 6) is 0.453. The first-order valence-corrected chi connectivity index (χ1v) is 5.47. The molecule has 0 unspecified atom stereocenters. The zero-order chi connectivity index (χ0) is 11.8. The summed E-state index contributed by atoms with van der Waals surface area (Å²) in [7, 11) is 0. The lowest BCUT2D eigenvalue weighted by Crippen LogP contribution is -1.92. The van der Waals surface area contributed by atoms with Crippen LogP contribution in [0.5, 0.6) is 0 Å². The van der Waals surface area contributed by atoms with Crippen LogP contribution in [0.4, 0.5) is 5.82 Å². The molecule has 0 saturated heterocycles. The van der Waals surface area contributed by atoms with Gasteiger partial charge in [0.05, 0.1) is 0 Å². The number of halogens is 1. The first kappa shape index (κ1) is 10.1. The number of fused-ring (bicyclic) bond motifs is 1. The van der Waals surface area contributed by atoms with Gasteiger partial charge in [-0.1, -0.05) is 29.8 Å². The zero-order valence-corrected chi connectivity index (χ0v) is 9.59. The maximum Gasteiger partial charge on any atom is 0.157 e. The fourth-order valence-electron chi connectivity index (χ4n) is 1.73. The minimum atomic E-state index is 0.453. The molecule has 0 aliphatic carbocycles. The van der Waals surface area contributed by atoms with Gasteiger partial charge in [-0.25, -0.2) is 9.50 Å². The van der Waals surface area contributed by atoms with Crippen LogP contribution in [0.25, 0.3) is 16.8 Å². The van der Waals surface area contributed by atoms with E-state index in [1.54, 1.807) is 16.8 Å². The van der Waals surface area contributed by atoms with Gasteiger partial charge in [-0.05, 0) is 6.07 Å². The van der Waals surface area contributed by atoms with Gasteiger partial charge < -0.3 is 5.73 Å². The van der Waals surface area contributed by atoms with E-state index in [-0.39, 0.29) is 0 Å². The molecule has 0 amide bonds. The van der Waals surface area contributed by atoms with Gasteiger partial charge >= 0.3 is 0 Å². The van der Waals surface area contributed by atoms with Crippen LogP contribution in [0.15, 0.2) is 42.7 Å². The molecule has 5 heteroatoms. The largest absolute Gasteiger partial charge is 0.382 e. The molecule has 0 bridgehead atoms. The molecule has 1 aromatic carbocycles. The average molecular weight is 245 g/mol. The van der Waals surface area contributed by atoms with E-state index in [1.807, 2.05) is 30.5 Å². The standard InChI is InChI=1S/C12H9ClN4/c13-10-4-2-1-3-9(10)8-6-15-12-5-11(14)16-17(12)7-8/h1-7H,(H2,14,16). The summed E-state index contributed by atoms with van der Waals surface area (Å²) < 4.78 is 1.65. The lowest BCUT2D eigenvalue weighted by atomic mass is 10.1. The van der Waals surface area contributed by atoms with Gasteiger partial charge in [-0.15, -0.1) is 5.10 Å². The fraction of sp³-hybridized carbons (Fsp3) is 0. The highest BCUT2D eigenvalue weighted by Crippen LogP contribution is 2.26. The van der Waals surface area contributed by atoms with Crippen molar-refractivity contribution in [3.8, 4) is 11.1 Å². The Kier molecular flexibility index (Phi) is 2.23. The Bertz CT molecular complexity index is 690. The number of hydrogen-bond acceptors (Lipinski definition) is 3. The monoisotopic (exact) mass is 244 g/mol. The summed E-state index contributed by atoms with van der Waals surface area (Å²) in [4.78, 5) is 4.28. The Morgan fingerprint density at radius 3 is 2.88 bits per heavy atom. The van der Waals surface area contributed by atoms with E-state index in [4.69, 9.17) is 17.3 Å². The van der Waals surface area contributed by atoms with Crippen LogP contribution in [0.2, 0.25) is 5.02 Å². The molecule has 2 aromatic heterocycles. The van der Waals surface area contributed by atoms with Crippen molar-refractivity contribution in [2.24, 2.45) is 0 Å². The van der Waals surface area contributed by atoms with Crippen LogP contribution in [0.1, 0.15) is 0 Å². The van der Waals surface area contributed by atoms with Crippen molar-refractivity contribution in [2.75, 3.05) is 5.73 Å². The normalized spacial score (nSPS) is 10.9. The predicted molar refractivity (Wildman–Crippen MR) is 67.8 cm³/mol. The molecule has 2 N–H and O–H groups in total. The molecule has 0 atom stereocenters. The van der Waals surface area contributed by atoms with E-state index in [1.165, 1.54) is 0 Å². The van der Waals surface area contributed by atoms with Gasteiger partial charge in [-0.3, -0.25) is 0 Å². The van der Waals surface area contributed by atoms with Crippen LogP contribution >= 0.6 is 11.6 Å². The quantitative estimate of drug-likeness (QED) is 0.716. The molecule has 0 radical (unpaired) electrons. The van der Waals surface area contributed by atoms with Crippen molar-refractivity contribution in [3.63, 3.8) is 0 Å². The number of nitrogens with zero attached hydrogens (tertiary/aromatic N) is 3. The molecule has 3 aromatic rings. The highest BCUT2D eigenvalue weighted by Gasteiger charge is 2.05. The summed E-state index contributed by atoms with van der Waals surface area (Å²) in [5.41, 5.74) is 8.17. The Morgan fingerprint density at radius 2 is 2.06 bits per heavy atom. The third-order valence-electron chi connectivity index (χ3n) is 2.52. The van der Waals surface area contributed by atoms with Gasteiger partial charge in [0.2, 0.25) is 0 Å². The molecule has 0 spiro atoms. The van der Waals surface area contributed by atoms with E-state index in [9.17, 15) is 0 Å². The van der Waals surface area contributed by atoms with Gasteiger partial charge in [-0.2, -0.15) is 0 Å². The molecular weight excluding hydrogens is 236 g/mol. The highest BCUT2D eigenvalue weighted by atomic mass is 35.5. The Hall–Kier alpha value is -2.07. The fourth-order valence-corrected chi connectivity index (χ4v) is 1.97. The number of nitrogens with two attached hydrogens (primary N) is 1. The number of benzene rings is 1. The van der Waals surface area contributed by atoms with Crippen LogP contribution in [-0.4, -0.2) is 14.6 Å². The second-order valence-corrected chi connectivity index (χ2v) is 4.10. The zero-order valence-electron chi connectivity index (χ0n) is 8.84. The summed E-state index contributed by atoms with van der Waals surface area (Å²) in [6.45, 7) is 0. The molecule has 17 heavy (non-hydrogen) atoms. The third-order valence-corrected chi connectivity index (χ3v) is 2.85. The van der Waals surface area contributed by atoms with Crippen molar-refractivity contribution in [1.29, 1.82) is 0 Å². The first-order chi connectivity index (χ1) is 8.24. The van der Waals surface area contributed by atoms with E-state index in [2.05, 4.69) is 10.1 Å². The second kappa shape index (κ2) is 3.75. The minimum absolute atomic E-state index is 0.453. The molecule has 0 fully saturated rings. The third kappa shape index (κ3) is 1.72. The topological polar surface area (TPSA) is 56.2 Å². The van der Waals surface area contributed by atoms with Crippen molar-refractivity contribution in [1.82, 2.24) is 14.6 Å². The van der Waals surface area contributed by atoms with Crippen LogP contribution in [0, 0.1) is 0 Å². The lowest BCUT2D eigenvalue weighted by Gasteiger charge is -2.03. The average Bonchev–Trinajstić information content (AvgIpc) is 2.68. The number of hydrogen-bond donors (Lipinski definition) is 1. The minimum Gasteiger partial charge on any atom is -0.382 e. The van der Waals surface area contributed by atoms with Crippen molar-refractivity contribution < 1.29 is 0 Å². The molecule has 0 aliphatic rings. The summed E-state index contributed by atoms with van der Waals surface area (Å²) in [6.07, 6.45) is 3.62. The Balaban J connectivity index is 2.21.